The topological polar surface area (TPSA) is 56.8 Å². The summed E-state index contributed by atoms with van der Waals surface area (Å²) in [4.78, 5) is 12.3. The molecule has 0 fully saturated rings. The molecule has 0 unspecified atom stereocenters. The second-order valence-corrected chi connectivity index (χ2v) is 5.62. The lowest BCUT2D eigenvalue weighted by Gasteiger charge is -2.13. The number of carbonyl (C=O) groups is 1. The van der Waals surface area contributed by atoms with Crippen molar-refractivity contribution in [1.82, 2.24) is 5.32 Å². The van der Waals surface area contributed by atoms with E-state index < -0.39 is 0 Å². The van der Waals surface area contributed by atoms with E-state index in [0.29, 0.717) is 22.8 Å². The Morgan fingerprint density at radius 3 is 2.17 bits per heavy atom. The average molecular weight is 370 g/mol. The molecule has 0 heterocycles. The predicted octanol–water partition coefficient (Wildman–Crippen LogP) is 3.95. The summed E-state index contributed by atoms with van der Waals surface area (Å²) >= 11 is 12.1. The number of rotatable bonds is 6. The first-order valence-corrected chi connectivity index (χ1v) is 7.78. The van der Waals surface area contributed by atoms with Gasteiger partial charge in [0, 0.05) is 17.7 Å². The van der Waals surface area contributed by atoms with Crippen LogP contribution in [0.15, 0.2) is 30.3 Å². The van der Waals surface area contributed by atoms with E-state index in [1.54, 1.807) is 20.3 Å². The lowest BCUT2D eigenvalue weighted by molar-refractivity contribution is 0.0950. The van der Waals surface area contributed by atoms with Gasteiger partial charge in [0.25, 0.3) is 5.91 Å². The molecule has 2 rings (SSSR count). The van der Waals surface area contributed by atoms with Crippen LogP contribution in [-0.2, 0) is 6.54 Å². The fourth-order valence-corrected chi connectivity index (χ4v) is 2.90. The van der Waals surface area contributed by atoms with Gasteiger partial charge in [-0.15, -0.1) is 0 Å². The Kier molecular flexibility index (Phi) is 6.17. The van der Waals surface area contributed by atoms with E-state index >= 15 is 0 Å². The number of benzene rings is 2. The number of hydrogen-bond donors (Lipinski definition) is 1. The van der Waals surface area contributed by atoms with Crippen molar-refractivity contribution >= 4 is 29.1 Å². The molecule has 0 saturated carbocycles. The number of amides is 1. The largest absolute Gasteiger partial charge is 0.494 e. The fourth-order valence-electron chi connectivity index (χ4n) is 2.26. The first-order valence-electron chi connectivity index (χ1n) is 7.03. The third-order valence-electron chi connectivity index (χ3n) is 3.39. The molecule has 0 radical (unpaired) electrons. The molecule has 7 heteroatoms. The Morgan fingerprint density at radius 2 is 1.62 bits per heavy atom. The maximum atomic E-state index is 12.3. The monoisotopic (exact) mass is 369 g/mol. The number of halogens is 2. The number of hydrogen-bond acceptors (Lipinski definition) is 4. The summed E-state index contributed by atoms with van der Waals surface area (Å²) in [7, 11) is 4.57. The number of methoxy groups -OCH3 is 3. The zero-order chi connectivity index (χ0) is 17.7. The summed E-state index contributed by atoms with van der Waals surface area (Å²) in [5.41, 5.74) is 1.13. The molecule has 0 atom stereocenters. The molecule has 1 amide bonds. The minimum Gasteiger partial charge on any atom is -0.494 e. The van der Waals surface area contributed by atoms with Crippen molar-refractivity contribution in [3.63, 3.8) is 0 Å². The van der Waals surface area contributed by atoms with Crippen molar-refractivity contribution in [3.05, 3.63) is 51.5 Å². The fraction of sp³-hybridized carbons (Fsp3) is 0.235. The van der Waals surface area contributed by atoms with Crippen LogP contribution in [0.25, 0.3) is 0 Å². The second-order valence-electron chi connectivity index (χ2n) is 4.81. The smallest absolute Gasteiger partial charge is 0.251 e. The van der Waals surface area contributed by atoms with Crippen LogP contribution >= 0.6 is 23.2 Å². The van der Waals surface area contributed by atoms with Crippen molar-refractivity contribution < 1.29 is 19.0 Å². The van der Waals surface area contributed by atoms with Gasteiger partial charge in [0.1, 0.15) is 0 Å². The molecule has 0 aromatic heterocycles. The molecular formula is C17H17Cl2NO4. The number of para-hydroxylation sites is 1. The molecule has 0 bridgehead atoms. The number of carbonyl (C=O) groups excluding carboxylic acids is 1. The van der Waals surface area contributed by atoms with Crippen molar-refractivity contribution in [3.8, 4) is 17.2 Å². The van der Waals surface area contributed by atoms with E-state index in [1.165, 1.54) is 19.2 Å². The Hall–Kier alpha value is -2.11. The van der Waals surface area contributed by atoms with Crippen molar-refractivity contribution in [2.24, 2.45) is 0 Å². The highest BCUT2D eigenvalue weighted by Gasteiger charge is 2.15. The van der Waals surface area contributed by atoms with E-state index in [1.807, 2.05) is 12.1 Å². The highest BCUT2D eigenvalue weighted by molar-refractivity contribution is 6.37. The van der Waals surface area contributed by atoms with E-state index in [2.05, 4.69) is 5.32 Å². The summed E-state index contributed by atoms with van der Waals surface area (Å²) < 4.78 is 15.6. The molecule has 24 heavy (non-hydrogen) atoms. The predicted molar refractivity (Wildman–Crippen MR) is 93.7 cm³/mol. The van der Waals surface area contributed by atoms with Crippen LogP contribution in [-0.4, -0.2) is 27.2 Å². The van der Waals surface area contributed by atoms with Gasteiger partial charge in [0.05, 0.1) is 31.4 Å². The average Bonchev–Trinajstić information content (AvgIpc) is 2.58. The Morgan fingerprint density at radius 1 is 1.00 bits per heavy atom. The van der Waals surface area contributed by atoms with Crippen LogP contribution in [0, 0.1) is 0 Å². The van der Waals surface area contributed by atoms with Gasteiger partial charge < -0.3 is 19.5 Å². The van der Waals surface area contributed by atoms with Gasteiger partial charge in [-0.3, -0.25) is 4.79 Å². The minimum absolute atomic E-state index is 0.264. The first kappa shape index (κ1) is 18.2. The van der Waals surface area contributed by atoms with E-state index in [-0.39, 0.29) is 22.5 Å². The van der Waals surface area contributed by atoms with Crippen LogP contribution in [0.3, 0.4) is 0 Å². The maximum Gasteiger partial charge on any atom is 0.251 e. The zero-order valence-electron chi connectivity index (χ0n) is 13.5. The van der Waals surface area contributed by atoms with E-state index in [4.69, 9.17) is 37.4 Å². The van der Waals surface area contributed by atoms with E-state index in [9.17, 15) is 4.79 Å². The second kappa shape index (κ2) is 8.13. The minimum atomic E-state index is -0.314. The van der Waals surface area contributed by atoms with Crippen molar-refractivity contribution in [2.45, 2.75) is 6.54 Å². The van der Waals surface area contributed by atoms with Gasteiger partial charge in [-0.05, 0) is 18.2 Å². The molecule has 1 N–H and O–H groups in total. The van der Waals surface area contributed by atoms with Gasteiger partial charge in [-0.2, -0.15) is 0 Å². The molecule has 2 aromatic rings. The number of nitrogens with one attached hydrogen (secondary N) is 1. The molecular weight excluding hydrogens is 353 g/mol. The van der Waals surface area contributed by atoms with Crippen LogP contribution in [0.1, 0.15) is 15.9 Å². The van der Waals surface area contributed by atoms with Gasteiger partial charge in [0.15, 0.2) is 17.2 Å². The van der Waals surface area contributed by atoms with Crippen LogP contribution in [0.4, 0.5) is 0 Å². The maximum absolute atomic E-state index is 12.3. The summed E-state index contributed by atoms with van der Waals surface area (Å²) in [6.07, 6.45) is 0. The standard InChI is InChI=1S/C17H17Cl2NO4/c1-22-14-6-4-5-10(15(14)23-2)9-20-17(21)11-7-12(18)16(24-3)13(19)8-11/h4-8H,9H2,1-3H3,(H,20,21). The summed E-state index contributed by atoms with van der Waals surface area (Å²) in [6.45, 7) is 0.264. The summed E-state index contributed by atoms with van der Waals surface area (Å²) in [5.74, 6) is 1.20. The lowest BCUT2D eigenvalue weighted by Crippen LogP contribution is -2.23. The third-order valence-corrected chi connectivity index (χ3v) is 3.95. The molecule has 0 aliphatic carbocycles. The van der Waals surface area contributed by atoms with Crippen molar-refractivity contribution in [2.75, 3.05) is 21.3 Å². The zero-order valence-corrected chi connectivity index (χ0v) is 15.0. The first-order chi connectivity index (χ1) is 11.5. The lowest BCUT2D eigenvalue weighted by atomic mass is 10.1. The van der Waals surface area contributed by atoms with Gasteiger partial charge in [0.2, 0.25) is 0 Å². The summed E-state index contributed by atoms with van der Waals surface area (Å²) in [5, 5.41) is 3.35. The SMILES string of the molecule is COc1cccc(CNC(=O)c2cc(Cl)c(OC)c(Cl)c2)c1OC. The Bertz CT molecular complexity index is 726. The third kappa shape index (κ3) is 3.86. The highest BCUT2D eigenvalue weighted by Crippen LogP contribution is 2.34. The molecule has 2 aromatic carbocycles. The summed E-state index contributed by atoms with van der Waals surface area (Å²) in [6, 6.07) is 8.46. The van der Waals surface area contributed by atoms with Crippen LogP contribution in [0.2, 0.25) is 10.0 Å². The molecule has 0 aliphatic heterocycles. The van der Waals surface area contributed by atoms with E-state index in [0.717, 1.165) is 5.56 Å². The molecule has 0 spiro atoms. The quantitative estimate of drug-likeness (QED) is 0.837. The molecule has 128 valence electrons. The number of ether oxygens (including phenoxy) is 3. The Labute approximate surface area is 150 Å². The molecule has 0 aliphatic rings. The molecule has 0 saturated heterocycles. The van der Waals surface area contributed by atoms with Gasteiger partial charge in [-0.25, -0.2) is 0 Å². The molecule has 5 nitrogen and oxygen atoms in total. The van der Waals surface area contributed by atoms with Crippen LogP contribution < -0.4 is 19.5 Å². The normalized spacial score (nSPS) is 10.2. The van der Waals surface area contributed by atoms with Gasteiger partial charge >= 0.3 is 0 Å². The van der Waals surface area contributed by atoms with Gasteiger partial charge in [-0.1, -0.05) is 35.3 Å². The highest BCUT2D eigenvalue weighted by atomic mass is 35.5. The Balaban J connectivity index is 2.17. The van der Waals surface area contributed by atoms with Crippen molar-refractivity contribution in [1.29, 1.82) is 0 Å². The van der Waals surface area contributed by atoms with Crippen LogP contribution in [0.5, 0.6) is 17.2 Å².